The number of carbonyl (C=O) groups is 2. The fourth-order valence-electron chi connectivity index (χ4n) is 2.64. The second-order valence-electron chi connectivity index (χ2n) is 7.03. The Morgan fingerprint density at radius 1 is 1.07 bits per heavy atom. The lowest BCUT2D eigenvalue weighted by Crippen LogP contribution is -2.37. The fraction of sp³-hybridized carbons (Fsp3) is 0.364. The molecule has 1 atom stereocenters. The van der Waals surface area contributed by atoms with Gasteiger partial charge in [-0.2, -0.15) is 0 Å². The van der Waals surface area contributed by atoms with Crippen molar-refractivity contribution in [2.75, 3.05) is 13.2 Å². The van der Waals surface area contributed by atoms with Crippen LogP contribution in [0.3, 0.4) is 0 Å². The van der Waals surface area contributed by atoms with E-state index < -0.39 is 6.10 Å². The summed E-state index contributed by atoms with van der Waals surface area (Å²) in [5.74, 6) is 1.06. The van der Waals surface area contributed by atoms with Crippen molar-refractivity contribution in [3.63, 3.8) is 0 Å². The van der Waals surface area contributed by atoms with Crippen LogP contribution in [0.5, 0.6) is 11.5 Å². The van der Waals surface area contributed by atoms with E-state index in [9.17, 15) is 9.59 Å². The summed E-state index contributed by atoms with van der Waals surface area (Å²) in [5.41, 5.74) is 1.07. The van der Waals surface area contributed by atoms with Crippen molar-refractivity contribution in [2.45, 2.75) is 38.3 Å². The number of ether oxygens (including phenoxy) is 2. The summed E-state index contributed by atoms with van der Waals surface area (Å²) >= 11 is 3.37. The molecule has 1 aliphatic rings. The normalized spacial score (nSPS) is 14.0. The topological polar surface area (TPSA) is 76.7 Å². The summed E-state index contributed by atoms with van der Waals surface area (Å²) < 4.78 is 12.1. The van der Waals surface area contributed by atoms with E-state index in [-0.39, 0.29) is 18.4 Å². The highest BCUT2D eigenvalue weighted by Gasteiger charge is 2.23. The minimum Gasteiger partial charge on any atom is -0.484 e. The van der Waals surface area contributed by atoms with Gasteiger partial charge >= 0.3 is 0 Å². The molecule has 0 aromatic heterocycles. The Kier molecular flexibility index (Phi) is 7.52. The highest BCUT2D eigenvalue weighted by molar-refractivity contribution is 9.10. The minimum absolute atomic E-state index is 0.0299. The first-order valence-corrected chi connectivity index (χ1v) is 10.5. The summed E-state index contributed by atoms with van der Waals surface area (Å²) in [6.45, 7) is 2.27. The molecule has 0 radical (unpaired) electrons. The monoisotopic (exact) mass is 460 g/mol. The van der Waals surface area contributed by atoms with Crippen LogP contribution in [0.15, 0.2) is 53.0 Å². The van der Waals surface area contributed by atoms with Crippen LogP contribution in [0.25, 0.3) is 0 Å². The number of benzene rings is 2. The highest BCUT2D eigenvalue weighted by Crippen LogP contribution is 2.19. The zero-order valence-corrected chi connectivity index (χ0v) is 17.9. The molecule has 7 heteroatoms. The number of hydrogen-bond acceptors (Lipinski definition) is 4. The predicted molar refractivity (Wildman–Crippen MR) is 114 cm³/mol. The molecule has 154 valence electrons. The number of nitrogens with one attached hydrogen (secondary N) is 2. The van der Waals surface area contributed by atoms with Crippen molar-refractivity contribution >= 4 is 27.7 Å². The van der Waals surface area contributed by atoms with Crippen LogP contribution in [-0.2, 0) is 16.0 Å². The smallest absolute Gasteiger partial charge is 0.260 e. The molecule has 0 heterocycles. The van der Waals surface area contributed by atoms with E-state index in [0.717, 1.165) is 22.9 Å². The molecular weight excluding hydrogens is 436 g/mol. The molecule has 3 rings (SSSR count). The Hall–Kier alpha value is -2.54. The Labute approximate surface area is 179 Å². The molecule has 1 saturated carbocycles. The van der Waals surface area contributed by atoms with Crippen LogP contribution in [-0.4, -0.2) is 37.1 Å². The van der Waals surface area contributed by atoms with Gasteiger partial charge < -0.3 is 20.1 Å². The Bertz CT molecular complexity index is 820. The van der Waals surface area contributed by atoms with Gasteiger partial charge in [-0.3, -0.25) is 9.59 Å². The zero-order valence-electron chi connectivity index (χ0n) is 16.3. The number of carbonyl (C=O) groups excluding carboxylic acids is 2. The first-order chi connectivity index (χ1) is 14.0. The van der Waals surface area contributed by atoms with Crippen LogP contribution in [0.2, 0.25) is 0 Å². The van der Waals surface area contributed by atoms with E-state index >= 15 is 0 Å². The third-order valence-electron chi connectivity index (χ3n) is 4.44. The summed E-state index contributed by atoms with van der Waals surface area (Å²) in [4.78, 5) is 23.8. The fourth-order valence-corrected chi connectivity index (χ4v) is 2.91. The van der Waals surface area contributed by atoms with E-state index in [1.54, 1.807) is 6.92 Å². The molecule has 2 aromatic rings. The van der Waals surface area contributed by atoms with Gasteiger partial charge in [0.1, 0.15) is 11.5 Å². The van der Waals surface area contributed by atoms with Crippen LogP contribution in [0.1, 0.15) is 25.3 Å². The number of hydrogen-bond donors (Lipinski definition) is 2. The van der Waals surface area contributed by atoms with Gasteiger partial charge in [-0.25, -0.2) is 0 Å². The average Bonchev–Trinajstić information content (AvgIpc) is 3.53. The molecule has 1 aliphatic carbocycles. The van der Waals surface area contributed by atoms with Gasteiger partial charge in [0.15, 0.2) is 12.7 Å². The minimum atomic E-state index is -0.575. The van der Waals surface area contributed by atoms with E-state index in [4.69, 9.17) is 9.47 Å². The Morgan fingerprint density at radius 3 is 2.38 bits per heavy atom. The maximum atomic E-state index is 12.2. The third kappa shape index (κ3) is 7.42. The van der Waals surface area contributed by atoms with Gasteiger partial charge in [-0.1, -0.05) is 28.1 Å². The van der Waals surface area contributed by atoms with Crippen LogP contribution in [0.4, 0.5) is 0 Å². The first-order valence-electron chi connectivity index (χ1n) is 9.70. The molecule has 1 fully saturated rings. The van der Waals surface area contributed by atoms with Crippen molar-refractivity contribution in [1.82, 2.24) is 10.6 Å². The largest absolute Gasteiger partial charge is 0.484 e. The van der Waals surface area contributed by atoms with Gasteiger partial charge in [0.05, 0.1) is 0 Å². The molecule has 0 aliphatic heterocycles. The molecule has 1 unspecified atom stereocenters. The van der Waals surface area contributed by atoms with E-state index in [1.807, 2.05) is 48.5 Å². The average molecular weight is 461 g/mol. The second kappa shape index (κ2) is 10.3. The molecule has 6 nitrogen and oxygen atoms in total. The van der Waals surface area contributed by atoms with Gasteiger partial charge in [0.25, 0.3) is 11.8 Å². The second-order valence-corrected chi connectivity index (χ2v) is 7.95. The van der Waals surface area contributed by atoms with Crippen LogP contribution >= 0.6 is 15.9 Å². The first kappa shape index (κ1) is 21.2. The molecule has 2 amide bonds. The number of amides is 2. The van der Waals surface area contributed by atoms with E-state index in [0.29, 0.717) is 30.5 Å². The van der Waals surface area contributed by atoms with Crippen LogP contribution in [0, 0.1) is 0 Å². The number of halogens is 1. The predicted octanol–water partition coefficient (Wildman–Crippen LogP) is 3.23. The summed E-state index contributed by atoms with van der Waals surface area (Å²) in [6.07, 6.45) is 2.24. The summed E-state index contributed by atoms with van der Waals surface area (Å²) in [7, 11) is 0. The van der Waals surface area contributed by atoms with Crippen LogP contribution < -0.4 is 20.1 Å². The number of rotatable bonds is 10. The molecule has 0 bridgehead atoms. The molecular formula is C22H25BrN2O4. The van der Waals surface area contributed by atoms with Gasteiger partial charge in [-0.05, 0) is 68.1 Å². The van der Waals surface area contributed by atoms with Crippen molar-refractivity contribution in [2.24, 2.45) is 0 Å². The van der Waals surface area contributed by atoms with Gasteiger partial charge in [-0.15, -0.1) is 0 Å². The highest BCUT2D eigenvalue weighted by atomic mass is 79.9. The molecule has 2 aromatic carbocycles. The summed E-state index contributed by atoms with van der Waals surface area (Å²) in [5, 5.41) is 5.77. The zero-order chi connectivity index (χ0) is 20.6. The molecule has 0 saturated heterocycles. The molecule has 0 spiro atoms. The Balaban J connectivity index is 1.35. The standard InChI is InChI=1S/C22H25BrN2O4/c1-15(29-20-10-4-17(23)5-11-20)22(27)24-13-12-16-2-8-19(9-3-16)28-14-21(26)25-18-6-7-18/h2-5,8-11,15,18H,6-7,12-14H2,1H3,(H,24,27)(H,25,26). The van der Waals surface area contributed by atoms with Gasteiger partial charge in [0, 0.05) is 17.1 Å². The third-order valence-corrected chi connectivity index (χ3v) is 4.97. The van der Waals surface area contributed by atoms with E-state index in [1.165, 1.54) is 0 Å². The maximum Gasteiger partial charge on any atom is 0.260 e. The molecule has 2 N–H and O–H groups in total. The summed E-state index contributed by atoms with van der Waals surface area (Å²) in [6, 6.07) is 15.2. The van der Waals surface area contributed by atoms with E-state index in [2.05, 4.69) is 26.6 Å². The van der Waals surface area contributed by atoms with Crippen molar-refractivity contribution in [3.8, 4) is 11.5 Å². The Morgan fingerprint density at radius 2 is 1.72 bits per heavy atom. The van der Waals surface area contributed by atoms with Gasteiger partial charge in [0.2, 0.25) is 0 Å². The quantitative estimate of drug-likeness (QED) is 0.570. The van der Waals surface area contributed by atoms with Crippen molar-refractivity contribution < 1.29 is 19.1 Å². The van der Waals surface area contributed by atoms with Crippen molar-refractivity contribution in [3.05, 3.63) is 58.6 Å². The lowest BCUT2D eigenvalue weighted by atomic mass is 10.1. The van der Waals surface area contributed by atoms with Crippen molar-refractivity contribution in [1.29, 1.82) is 0 Å². The maximum absolute atomic E-state index is 12.2. The lowest BCUT2D eigenvalue weighted by Gasteiger charge is -2.15. The molecule has 29 heavy (non-hydrogen) atoms. The lowest BCUT2D eigenvalue weighted by molar-refractivity contribution is -0.127. The SMILES string of the molecule is CC(Oc1ccc(Br)cc1)C(=O)NCCc1ccc(OCC(=O)NC2CC2)cc1.